The molecule has 1 fully saturated rings. The van der Waals surface area contributed by atoms with Crippen molar-refractivity contribution in [2.75, 3.05) is 58.8 Å². The van der Waals surface area contributed by atoms with Crippen molar-refractivity contribution in [2.24, 2.45) is 0 Å². The zero-order valence-corrected chi connectivity index (χ0v) is 20.2. The zero-order chi connectivity index (χ0) is 23.7. The van der Waals surface area contributed by atoms with E-state index < -0.39 is 5.82 Å². The fourth-order valence-electron chi connectivity index (χ4n) is 4.55. The fraction of sp³-hybridized carbons (Fsp3) is 0.400. The van der Waals surface area contributed by atoms with Crippen LogP contribution < -0.4 is 14.8 Å². The van der Waals surface area contributed by atoms with E-state index in [1.54, 1.807) is 19.2 Å². The van der Waals surface area contributed by atoms with Gasteiger partial charge in [0.25, 0.3) is 0 Å². The number of hydrogen-bond donors (Lipinski definition) is 2. The highest BCUT2D eigenvalue weighted by atomic mass is 35.5. The summed E-state index contributed by atoms with van der Waals surface area (Å²) in [4.78, 5) is 4.85. The lowest BCUT2D eigenvalue weighted by atomic mass is 10.1. The van der Waals surface area contributed by atoms with Crippen molar-refractivity contribution in [3.63, 3.8) is 0 Å². The summed E-state index contributed by atoms with van der Waals surface area (Å²) >= 11 is 5.92. The van der Waals surface area contributed by atoms with Gasteiger partial charge in [0.2, 0.25) is 0 Å². The van der Waals surface area contributed by atoms with Gasteiger partial charge in [-0.1, -0.05) is 11.6 Å². The molecule has 1 saturated heterocycles. The highest BCUT2D eigenvalue weighted by Gasteiger charge is 2.27. The molecule has 34 heavy (non-hydrogen) atoms. The van der Waals surface area contributed by atoms with Gasteiger partial charge in [-0.2, -0.15) is 5.10 Å². The summed E-state index contributed by atoms with van der Waals surface area (Å²) in [6, 6.07) is 8.60. The van der Waals surface area contributed by atoms with Crippen LogP contribution in [-0.4, -0.2) is 73.5 Å². The third-order valence-electron chi connectivity index (χ3n) is 6.54. The Kier molecular flexibility index (Phi) is 6.63. The molecule has 2 heterocycles. The highest BCUT2D eigenvalue weighted by molar-refractivity contribution is 6.31. The third kappa shape index (κ3) is 4.71. The van der Waals surface area contributed by atoms with Crippen LogP contribution in [0.25, 0.3) is 11.3 Å². The lowest BCUT2D eigenvalue weighted by molar-refractivity contribution is 0.145. The number of halogens is 2. The molecule has 5 rings (SSSR count). The smallest absolute Gasteiger partial charge is 0.161 e. The second-order valence-corrected chi connectivity index (χ2v) is 9.27. The Morgan fingerprint density at radius 1 is 1.15 bits per heavy atom. The summed E-state index contributed by atoms with van der Waals surface area (Å²) in [5, 5.41) is 10.9. The van der Waals surface area contributed by atoms with Gasteiger partial charge in [0.15, 0.2) is 11.5 Å². The van der Waals surface area contributed by atoms with E-state index >= 15 is 0 Å². The van der Waals surface area contributed by atoms with Crippen LogP contribution >= 0.6 is 11.6 Å². The summed E-state index contributed by atoms with van der Waals surface area (Å²) in [5.41, 5.74) is 4.78. The van der Waals surface area contributed by atoms with Gasteiger partial charge < -0.3 is 24.6 Å². The van der Waals surface area contributed by atoms with E-state index in [0.29, 0.717) is 24.5 Å². The van der Waals surface area contributed by atoms with Gasteiger partial charge in [-0.15, -0.1) is 0 Å². The van der Waals surface area contributed by atoms with Crippen molar-refractivity contribution >= 4 is 23.1 Å². The van der Waals surface area contributed by atoms with Gasteiger partial charge in [0.05, 0.1) is 24.4 Å². The van der Waals surface area contributed by atoms with Crippen LogP contribution in [0.15, 0.2) is 30.3 Å². The van der Waals surface area contributed by atoms with Gasteiger partial charge in [-0.05, 0) is 49.4 Å². The molecular weight excluding hydrogens is 457 g/mol. The summed E-state index contributed by atoms with van der Waals surface area (Å²) in [7, 11) is 3.83. The second-order valence-electron chi connectivity index (χ2n) is 8.86. The van der Waals surface area contributed by atoms with E-state index in [0.717, 1.165) is 73.1 Å². The summed E-state index contributed by atoms with van der Waals surface area (Å²) in [6.45, 7) is 6.16. The topological polar surface area (TPSA) is 65.7 Å². The Morgan fingerprint density at radius 2 is 1.97 bits per heavy atom. The minimum absolute atomic E-state index is 0.0728. The molecule has 0 bridgehead atoms. The second kappa shape index (κ2) is 9.82. The standard InChI is InChI=1S/C25H29ClFN5O2/c1-31-7-9-32(10-8-31)6-3-11-34-23-13-16-12-19-24(18(16)15-22(23)33-2)29-30-25(19)28-17-4-5-21(27)20(26)14-17/h4-5,13-15H,3,6-12H2,1-2H3,(H2,28,29,30). The van der Waals surface area contributed by atoms with Crippen LogP contribution in [0, 0.1) is 5.82 Å². The number of fused-ring (bicyclic) bond motifs is 3. The predicted octanol–water partition coefficient (Wildman–Crippen LogP) is 4.54. The maximum Gasteiger partial charge on any atom is 0.161 e. The van der Waals surface area contributed by atoms with E-state index in [4.69, 9.17) is 21.1 Å². The Balaban J connectivity index is 1.25. The Hall–Kier alpha value is -2.81. The van der Waals surface area contributed by atoms with Crippen LogP contribution in [0.4, 0.5) is 15.9 Å². The van der Waals surface area contributed by atoms with Crippen LogP contribution in [-0.2, 0) is 6.42 Å². The van der Waals surface area contributed by atoms with Crippen LogP contribution in [0.2, 0.25) is 5.02 Å². The van der Waals surface area contributed by atoms with Gasteiger partial charge >= 0.3 is 0 Å². The number of piperazine rings is 1. The number of benzene rings is 2. The zero-order valence-electron chi connectivity index (χ0n) is 19.5. The molecule has 2 aromatic carbocycles. The van der Waals surface area contributed by atoms with Crippen LogP contribution in [0.3, 0.4) is 0 Å². The molecule has 1 aromatic heterocycles. The average molecular weight is 486 g/mol. The minimum Gasteiger partial charge on any atom is -0.493 e. The molecular formula is C25H29ClFN5O2. The molecule has 1 aliphatic heterocycles. The first-order valence-electron chi connectivity index (χ1n) is 11.6. The molecule has 0 amide bonds. The van der Waals surface area contributed by atoms with Gasteiger partial charge in [0.1, 0.15) is 11.6 Å². The molecule has 3 aromatic rings. The van der Waals surface area contributed by atoms with Crippen molar-refractivity contribution in [1.82, 2.24) is 20.0 Å². The first kappa shape index (κ1) is 23.0. The number of aromatic nitrogens is 2. The maximum absolute atomic E-state index is 13.5. The van der Waals surface area contributed by atoms with Gasteiger partial charge in [-0.3, -0.25) is 5.10 Å². The first-order valence-corrected chi connectivity index (χ1v) is 11.9. The van der Waals surface area contributed by atoms with E-state index in [1.165, 1.54) is 6.07 Å². The number of methoxy groups -OCH3 is 1. The monoisotopic (exact) mass is 485 g/mol. The number of likely N-dealkylation sites (N-methyl/N-ethyl adjacent to an activating group) is 1. The number of rotatable bonds is 8. The van der Waals surface area contributed by atoms with Gasteiger partial charge in [-0.25, -0.2) is 4.39 Å². The quantitative estimate of drug-likeness (QED) is 0.357. The van der Waals surface area contributed by atoms with E-state index in [1.807, 2.05) is 6.07 Å². The number of nitrogens with zero attached hydrogens (tertiary/aromatic N) is 3. The largest absolute Gasteiger partial charge is 0.493 e. The van der Waals surface area contributed by atoms with Crippen molar-refractivity contribution in [3.8, 4) is 22.8 Å². The molecule has 0 unspecified atom stereocenters. The Labute approximate surface area is 203 Å². The Morgan fingerprint density at radius 3 is 2.74 bits per heavy atom. The first-order chi connectivity index (χ1) is 16.5. The molecule has 0 spiro atoms. The summed E-state index contributed by atoms with van der Waals surface area (Å²) < 4.78 is 25.3. The molecule has 0 saturated carbocycles. The number of ether oxygens (including phenoxy) is 2. The third-order valence-corrected chi connectivity index (χ3v) is 6.83. The number of anilines is 2. The number of aromatic amines is 1. The van der Waals surface area contributed by atoms with Crippen LogP contribution in [0.1, 0.15) is 17.5 Å². The van der Waals surface area contributed by atoms with Crippen LogP contribution in [0.5, 0.6) is 11.5 Å². The van der Waals surface area contributed by atoms with Crippen molar-refractivity contribution in [1.29, 1.82) is 0 Å². The van der Waals surface area contributed by atoms with E-state index in [9.17, 15) is 4.39 Å². The normalized spacial score (nSPS) is 15.8. The Bertz CT molecular complexity index is 1180. The van der Waals surface area contributed by atoms with Gasteiger partial charge in [0, 0.05) is 56.0 Å². The SMILES string of the molecule is COc1cc2c(cc1OCCCN1CCN(C)CC1)Cc1c-2n[nH]c1Nc1ccc(F)c(Cl)c1. The fourth-order valence-corrected chi connectivity index (χ4v) is 4.74. The lowest BCUT2D eigenvalue weighted by Gasteiger charge is -2.32. The number of H-pyrrole nitrogens is 1. The molecule has 2 N–H and O–H groups in total. The number of hydrogen-bond acceptors (Lipinski definition) is 6. The molecule has 7 nitrogen and oxygen atoms in total. The average Bonchev–Trinajstić information content (AvgIpc) is 3.39. The minimum atomic E-state index is -0.447. The molecule has 2 aliphatic rings. The molecule has 0 atom stereocenters. The van der Waals surface area contributed by atoms with E-state index in [2.05, 4.69) is 38.4 Å². The van der Waals surface area contributed by atoms with Crippen molar-refractivity contribution < 1.29 is 13.9 Å². The maximum atomic E-state index is 13.5. The molecule has 180 valence electrons. The number of nitrogens with one attached hydrogen (secondary N) is 2. The van der Waals surface area contributed by atoms with Crippen molar-refractivity contribution in [2.45, 2.75) is 12.8 Å². The predicted molar refractivity (Wildman–Crippen MR) is 132 cm³/mol. The molecule has 1 aliphatic carbocycles. The molecule has 9 heteroatoms. The molecule has 0 radical (unpaired) electrons. The van der Waals surface area contributed by atoms with E-state index in [-0.39, 0.29) is 5.02 Å². The van der Waals surface area contributed by atoms with Crippen molar-refractivity contribution in [3.05, 3.63) is 52.3 Å². The lowest BCUT2D eigenvalue weighted by Crippen LogP contribution is -2.44. The summed E-state index contributed by atoms with van der Waals surface area (Å²) in [5.74, 6) is 1.78. The summed E-state index contributed by atoms with van der Waals surface area (Å²) in [6.07, 6.45) is 1.68. The highest BCUT2D eigenvalue weighted by Crippen LogP contribution is 2.44.